The molecule has 0 aliphatic carbocycles. The summed E-state index contributed by atoms with van der Waals surface area (Å²) in [6, 6.07) is 18.2. The zero-order chi connectivity index (χ0) is 20.1. The van der Waals surface area contributed by atoms with E-state index in [2.05, 4.69) is 23.5 Å². The smallest absolute Gasteiger partial charge is 0.317 e. The van der Waals surface area contributed by atoms with E-state index in [0.717, 1.165) is 43.6 Å². The van der Waals surface area contributed by atoms with Crippen molar-refractivity contribution < 1.29 is 9.59 Å². The van der Waals surface area contributed by atoms with Crippen LogP contribution in [0.25, 0.3) is 5.57 Å². The van der Waals surface area contributed by atoms with E-state index < -0.39 is 0 Å². The number of nitrogens with zero attached hydrogens (tertiary/aromatic N) is 2. The molecule has 0 saturated carbocycles. The van der Waals surface area contributed by atoms with E-state index in [9.17, 15) is 9.59 Å². The van der Waals surface area contributed by atoms with E-state index in [0.29, 0.717) is 19.5 Å². The molecule has 29 heavy (non-hydrogen) atoms. The van der Waals surface area contributed by atoms with Gasteiger partial charge in [-0.2, -0.15) is 0 Å². The van der Waals surface area contributed by atoms with E-state index in [4.69, 9.17) is 0 Å². The predicted octanol–water partition coefficient (Wildman–Crippen LogP) is 4.20. The number of hydrogen-bond donors (Lipinski definition) is 1. The maximum Gasteiger partial charge on any atom is 0.317 e. The highest BCUT2D eigenvalue weighted by molar-refractivity contribution is 5.94. The van der Waals surface area contributed by atoms with Crippen molar-refractivity contribution in [2.24, 2.45) is 0 Å². The Morgan fingerprint density at radius 1 is 0.966 bits per heavy atom. The Morgan fingerprint density at radius 3 is 2.59 bits per heavy atom. The molecule has 0 bridgehead atoms. The first-order valence-corrected chi connectivity index (χ1v) is 10.4. The quantitative estimate of drug-likeness (QED) is 0.852. The van der Waals surface area contributed by atoms with Gasteiger partial charge in [-0.05, 0) is 48.1 Å². The minimum Gasteiger partial charge on any atom is -0.334 e. The lowest BCUT2D eigenvalue weighted by Crippen LogP contribution is -2.41. The van der Waals surface area contributed by atoms with E-state index in [1.54, 1.807) is 0 Å². The Labute approximate surface area is 172 Å². The fraction of sp³-hybridized carbons (Fsp3) is 0.333. The molecule has 1 N–H and O–H groups in total. The average molecular weight is 389 g/mol. The Kier molecular flexibility index (Phi) is 5.94. The van der Waals surface area contributed by atoms with Crippen molar-refractivity contribution in [3.8, 4) is 0 Å². The Balaban J connectivity index is 1.33. The summed E-state index contributed by atoms with van der Waals surface area (Å²) < 4.78 is 0. The molecule has 0 unspecified atom stereocenters. The summed E-state index contributed by atoms with van der Waals surface area (Å²) >= 11 is 0. The minimum atomic E-state index is -0.0483. The maximum absolute atomic E-state index is 12.6. The van der Waals surface area contributed by atoms with Gasteiger partial charge in [-0.1, -0.05) is 48.5 Å². The van der Waals surface area contributed by atoms with Gasteiger partial charge < -0.3 is 15.1 Å². The lowest BCUT2D eigenvalue weighted by molar-refractivity contribution is -0.119. The van der Waals surface area contributed by atoms with Crippen LogP contribution >= 0.6 is 0 Å². The van der Waals surface area contributed by atoms with Crippen molar-refractivity contribution in [3.05, 3.63) is 71.8 Å². The molecule has 2 aliphatic rings. The third-order valence-corrected chi connectivity index (χ3v) is 5.63. The molecular weight excluding hydrogens is 362 g/mol. The van der Waals surface area contributed by atoms with E-state index in [1.807, 2.05) is 52.3 Å². The van der Waals surface area contributed by atoms with Gasteiger partial charge in [0.2, 0.25) is 5.91 Å². The number of urea groups is 1. The number of rotatable bonds is 4. The van der Waals surface area contributed by atoms with Crippen molar-refractivity contribution in [2.45, 2.75) is 32.2 Å². The highest BCUT2D eigenvalue weighted by Gasteiger charge is 2.20. The second kappa shape index (κ2) is 8.95. The van der Waals surface area contributed by atoms with E-state index in [1.165, 1.54) is 11.1 Å². The highest BCUT2D eigenvalue weighted by Crippen LogP contribution is 2.23. The van der Waals surface area contributed by atoms with Gasteiger partial charge in [-0.25, -0.2) is 4.79 Å². The fourth-order valence-electron chi connectivity index (χ4n) is 3.97. The SMILES string of the molecule is O=C(NCc1cccc(N2CCCCC2=O)c1)N1CC=C(c2ccccc2)CC1. The molecule has 1 fully saturated rings. The van der Waals surface area contributed by atoms with Crippen LogP contribution in [0.5, 0.6) is 0 Å². The average Bonchev–Trinajstić information content (AvgIpc) is 2.79. The molecule has 150 valence electrons. The van der Waals surface area contributed by atoms with Crippen molar-refractivity contribution in [2.75, 3.05) is 24.5 Å². The summed E-state index contributed by atoms with van der Waals surface area (Å²) in [5.74, 6) is 0.187. The molecule has 4 rings (SSSR count). The van der Waals surface area contributed by atoms with Gasteiger partial charge in [0, 0.05) is 38.3 Å². The number of benzene rings is 2. The number of anilines is 1. The van der Waals surface area contributed by atoms with Crippen LogP contribution in [0.4, 0.5) is 10.5 Å². The van der Waals surface area contributed by atoms with Gasteiger partial charge in [0.05, 0.1) is 0 Å². The number of nitrogens with one attached hydrogen (secondary N) is 1. The van der Waals surface area contributed by atoms with Gasteiger partial charge in [-0.15, -0.1) is 0 Å². The van der Waals surface area contributed by atoms with Crippen LogP contribution in [0.1, 0.15) is 36.8 Å². The van der Waals surface area contributed by atoms with Crippen LogP contribution in [-0.2, 0) is 11.3 Å². The lowest BCUT2D eigenvalue weighted by atomic mass is 10.00. The molecule has 2 heterocycles. The Bertz CT molecular complexity index is 907. The van der Waals surface area contributed by atoms with Crippen LogP contribution < -0.4 is 10.2 Å². The molecule has 2 aliphatic heterocycles. The van der Waals surface area contributed by atoms with Gasteiger partial charge >= 0.3 is 6.03 Å². The molecular formula is C24H27N3O2. The third kappa shape index (κ3) is 4.67. The zero-order valence-electron chi connectivity index (χ0n) is 16.6. The molecule has 2 aromatic rings. The van der Waals surface area contributed by atoms with Crippen molar-refractivity contribution in [1.82, 2.24) is 10.2 Å². The molecule has 5 nitrogen and oxygen atoms in total. The first-order chi connectivity index (χ1) is 14.2. The van der Waals surface area contributed by atoms with Gasteiger partial charge in [0.25, 0.3) is 0 Å². The van der Waals surface area contributed by atoms with Crippen molar-refractivity contribution in [3.63, 3.8) is 0 Å². The predicted molar refractivity (Wildman–Crippen MR) is 115 cm³/mol. The number of hydrogen-bond acceptors (Lipinski definition) is 2. The summed E-state index contributed by atoms with van der Waals surface area (Å²) in [5, 5.41) is 3.02. The van der Waals surface area contributed by atoms with Crippen molar-refractivity contribution >= 4 is 23.2 Å². The summed E-state index contributed by atoms with van der Waals surface area (Å²) in [6.07, 6.45) is 5.64. The topological polar surface area (TPSA) is 52.7 Å². The van der Waals surface area contributed by atoms with E-state index in [-0.39, 0.29) is 11.9 Å². The van der Waals surface area contributed by atoms with Crippen LogP contribution in [0.3, 0.4) is 0 Å². The van der Waals surface area contributed by atoms with Crippen LogP contribution in [-0.4, -0.2) is 36.5 Å². The number of carbonyl (C=O) groups excluding carboxylic acids is 2. The fourth-order valence-corrected chi connectivity index (χ4v) is 3.97. The van der Waals surface area contributed by atoms with Crippen LogP contribution in [0.2, 0.25) is 0 Å². The first-order valence-electron chi connectivity index (χ1n) is 10.4. The Hall–Kier alpha value is -3.08. The lowest BCUT2D eigenvalue weighted by Gasteiger charge is -2.28. The van der Waals surface area contributed by atoms with E-state index >= 15 is 0 Å². The van der Waals surface area contributed by atoms with Gasteiger partial charge in [0.1, 0.15) is 0 Å². The third-order valence-electron chi connectivity index (χ3n) is 5.63. The van der Waals surface area contributed by atoms with Gasteiger partial charge in [-0.3, -0.25) is 4.79 Å². The summed E-state index contributed by atoms with van der Waals surface area (Å²) in [4.78, 5) is 28.4. The maximum atomic E-state index is 12.6. The monoisotopic (exact) mass is 389 g/mol. The number of piperidine rings is 1. The second-order valence-corrected chi connectivity index (χ2v) is 7.62. The number of carbonyl (C=O) groups is 2. The summed E-state index contributed by atoms with van der Waals surface area (Å²) in [5.41, 5.74) is 4.46. The molecule has 2 aromatic carbocycles. The normalized spacial score (nSPS) is 17.1. The molecule has 0 aromatic heterocycles. The highest BCUT2D eigenvalue weighted by atomic mass is 16.2. The molecule has 0 radical (unpaired) electrons. The number of amides is 3. The zero-order valence-corrected chi connectivity index (χ0v) is 16.6. The first kappa shape index (κ1) is 19.2. The van der Waals surface area contributed by atoms with Crippen molar-refractivity contribution in [1.29, 1.82) is 0 Å². The van der Waals surface area contributed by atoms with Crippen LogP contribution in [0, 0.1) is 0 Å². The second-order valence-electron chi connectivity index (χ2n) is 7.62. The summed E-state index contributed by atoms with van der Waals surface area (Å²) in [7, 11) is 0. The summed E-state index contributed by atoms with van der Waals surface area (Å²) in [6.45, 7) is 2.58. The largest absolute Gasteiger partial charge is 0.334 e. The molecule has 3 amide bonds. The molecule has 1 saturated heterocycles. The molecule has 0 atom stereocenters. The van der Waals surface area contributed by atoms with Crippen LogP contribution in [0.15, 0.2) is 60.7 Å². The minimum absolute atomic E-state index is 0.0483. The Morgan fingerprint density at radius 2 is 1.83 bits per heavy atom. The van der Waals surface area contributed by atoms with Gasteiger partial charge in [0.15, 0.2) is 0 Å². The standard InChI is InChI=1S/C24H27N3O2/c28-23-11-4-5-14-27(23)22-10-6-7-19(17-22)18-25-24(29)26-15-12-21(13-16-26)20-8-2-1-3-9-20/h1-3,6-10,12,17H,4-5,11,13-16,18H2,(H,25,29). The molecule has 0 spiro atoms. The molecule has 5 heteroatoms.